The second-order valence-electron chi connectivity index (χ2n) is 17.7. The molecular formula is C65H82. The molecule has 0 heteroatoms. The van der Waals surface area contributed by atoms with Crippen LogP contribution >= 0.6 is 0 Å². The molecule has 0 heterocycles. The Kier molecular flexibility index (Phi) is 28.3. The molecule has 8 rings (SSSR count). The van der Waals surface area contributed by atoms with Gasteiger partial charge in [0.05, 0.1) is 0 Å². The molecule has 0 saturated heterocycles. The maximum absolute atomic E-state index is 2.20. The number of rotatable bonds is 0. The third kappa shape index (κ3) is 30.5. The standard InChI is InChI=1S/C9H12.7C8H10/c1-7-4-5-8(2)9(3)6-7;6*1-7-3-5-8(2)6-4-7;1-7-4-3-5-8(2)6-7/h4-6H,1-3H3;7*3-6H,1-2H3. The third-order valence-corrected chi connectivity index (χ3v) is 10.1. The van der Waals surface area contributed by atoms with Crippen LogP contribution in [0.5, 0.6) is 0 Å². The summed E-state index contributed by atoms with van der Waals surface area (Å²) in [4.78, 5) is 0. The van der Waals surface area contributed by atoms with Gasteiger partial charge in [-0.15, -0.1) is 0 Å². The Bertz CT molecular complexity index is 1930. The van der Waals surface area contributed by atoms with Gasteiger partial charge in [-0.3, -0.25) is 0 Å². The summed E-state index contributed by atoms with van der Waals surface area (Å²) < 4.78 is 0. The van der Waals surface area contributed by atoms with E-state index in [1.54, 1.807) is 0 Å². The van der Waals surface area contributed by atoms with Crippen LogP contribution in [0.15, 0.2) is 188 Å². The highest BCUT2D eigenvalue weighted by Crippen LogP contribution is 2.08. The van der Waals surface area contributed by atoms with Crippen LogP contribution in [-0.4, -0.2) is 0 Å². The summed E-state index contributed by atoms with van der Waals surface area (Å²) in [6, 6.07) is 65.8. The lowest BCUT2D eigenvalue weighted by Crippen LogP contribution is -1.79. The fourth-order valence-electron chi connectivity index (χ4n) is 5.52. The molecule has 0 fully saturated rings. The van der Waals surface area contributed by atoms with E-state index in [4.69, 9.17) is 0 Å². The molecule has 0 nitrogen and oxygen atoms in total. The van der Waals surface area contributed by atoms with Crippen molar-refractivity contribution >= 4 is 0 Å². The fraction of sp³-hybridized carbons (Fsp3) is 0.262. The summed E-state index contributed by atoms with van der Waals surface area (Å²) in [5.41, 5.74) is 22.7. The largest absolute Gasteiger partial charge is 0.0617 e. The van der Waals surface area contributed by atoms with Crippen LogP contribution in [0.3, 0.4) is 0 Å². The topological polar surface area (TPSA) is 0 Å². The lowest BCUT2D eigenvalue weighted by atomic mass is 10.1. The number of hydrogen-bond donors (Lipinski definition) is 0. The lowest BCUT2D eigenvalue weighted by Gasteiger charge is -1.98. The minimum absolute atomic E-state index is 1.33. The van der Waals surface area contributed by atoms with Crippen LogP contribution < -0.4 is 0 Å². The number of aryl methyl sites for hydroxylation is 17. The van der Waals surface area contributed by atoms with Crippen LogP contribution in [0.1, 0.15) is 94.6 Å². The minimum Gasteiger partial charge on any atom is -0.0617 e. The molecule has 342 valence electrons. The zero-order valence-corrected chi connectivity index (χ0v) is 43.4. The van der Waals surface area contributed by atoms with Gasteiger partial charge in [0.2, 0.25) is 0 Å². The van der Waals surface area contributed by atoms with Crippen molar-refractivity contribution in [1.29, 1.82) is 0 Å². The van der Waals surface area contributed by atoms with Gasteiger partial charge >= 0.3 is 0 Å². The average Bonchev–Trinajstić information content (AvgIpc) is 3.27. The highest BCUT2D eigenvalue weighted by Gasteiger charge is 1.89. The van der Waals surface area contributed by atoms with Gasteiger partial charge in [0.25, 0.3) is 0 Å². The molecule has 0 bridgehead atoms. The van der Waals surface area contributed by atoms with E-state index in [1.165, 1.54) is 94.6 Å². The molecule has 0 spiro atoms. The van der Waals surface area contributed by atoms with E-state index in [9.17, 15) is 0 Å². The molecule has 0 aliphatic heterocycles. The first-order valence-electron chi connectivity index (χ1n) is 23.0. The predicted octanol–water partition coefficient (Wildman–Crippen LogP) is 18.7. The van der Waals surface area contributed by atoms with Crippen LogP contribution in [-0.2, 0) is 0 Å². The van der Waals surface area contributed by atoms with E-state index in [2.05, 4.69) is 306 Å². The van der Waals surface area contributed by atoms with Crippen molar-refractivity contribution in [3.05, 3.63) is 283 Å². The second kappa shape index (κ2) is 32.4. The normalized spacial score (nSPS) is 9.31. The Hall–Kier alpha value is -6.24. The van der Waals surface area contributed by atoms with Gasteiger partial charge in [0.15, 0.2) is 0 Å². The van der Waals surface area contributed by atoms with Crippen molar-refractivity contribution in [1.82, 2.24) is 0 Å². The molecule has 0 radical (unpaired) electrons. The van der Waals surface area contributed by atoms with Gasteiger partial charge in [-0.1, -0.05) is 272 Å². The van der Waals surface area contributed by atoms with E-state index < -0.39 is 0 Å². The van der Waals surface area contributed by atoms with Gasteiger partial charge in [-0.2, -0.15) is 0 Å². The van der Waals surface area contributed by atoms with Crippen molar-refractivity contribution in [2.75, 3.05) is 0 Å². The molecule has 8 aromatic rings. The van der Waals surface area contributed by atoms with Crippen molar-refractivity contribution < 1.29 is 0 Å². The van der Waals surface area contributed by atoms with Crippen LogP contribution in [0.2, 0.25) is 0 Å². The summed E-state index contributed by atoms with van der Waals surface area (Å²) in [6.45, 7) is 35.8. The maximum atomic E-state index is 2.20. The van der Waals surface area contributed by atoms with E-state index in [0.717, 1.165) is 0 Å². The zero-order valence-electron chi connectivity index (χ0n) is 43.4. The van der Waals surface area contributed by atoms with E-state index in [-0.39, 0.29) is 0 Å². The Morgan fingerprint density at radius 1 is 0.138 bits per heavy atom. The Morgan fingerprint density at radius 2 is 0.292 bits per heavy atom. The number of benzene rings is 8. The molecular weight excluding hydrogens is 781 g/mol. The molecule has 0 aliphatic carbocycles. The van der Waals surface area contributed by atoms with Gasteiger partial charge in [-0.25, -0.2) is 0 Å². The molecule has 0 unspecified atom stereocenters. The predicted molar refractivity (Wildman–Crippen MR) is 292 cm³/mol. The highest BCUT2D eigenvalue weighted by atomic mass is 14.0. The molecule has 65 heavy (non-hydrogen) atoms. The smallest absolute Gasteiger partial charge is 0.0395 e. The SMILES string of the molecule is Cc1ccc(C)c(C)c1.Cc1ccc(C)cc1.Cc1ccc(C)cc1.Cc1ccc(C)cc1.Cc1ccc(C)cc1.Cc1ccc(C)cc1.Cc1ccc(C)cc1.Cc1cccc(C)c1. The molecule has 8 aromatic carbocycles. The van der Waals surface area contributed by atoms with Crippen molar-refractivity contribution in [3.63, 3.8) is 0 Å². The summed E-state index contributed by atoms with van der Waals surface area (Å²) in [5, 5.41) is 0. The first-order chi connectivity index (χ1) is 30.7. The first kappa shape index (κ1) is 56.8. The first-order valence-corrected chi connectivity index (χ1v) is 23.0. The van der Waals surface area contributed by atoms with Gasteiger partial charge in [-0.05, 0) is 129 Å². The van der Waals surface area contributed by atoms with Crippen molar-refractivity contribution in [2.45, 2.75) is 118 Å². The van der Waals surface area contributed by atoms with Crippen LogP contribution in [0.4, 0.5) is 0 Å². The second-order valence-corrected chi connectivity index (χ2v) is 17.7. The monoisotopic (exact) mass is 863 g/mol. The molecule has 0 N–H and O–H groups in total. The van der Waals surface area contributed by atoms with Crippen molar-refractivity contribution in [3.8, 4) is 0 Å². The Balaban J connectivity index is 0.000000372. The van der Waals surface area contributed by atoms with Crippen LogP contribution in [0, 0.1) is 118 Å². The van der Waals surface area contributed by atoms with Crippen molar-refractivity contribution in [2.24, 2.45) is 0 Å². The van der Waals surface area contributed by atoms with Crippen LogP contribution in [0.25, 0.3) is 0 Å². The molecule has 0 saturated carbocycles. The Morgan fingerprint density at radius 3 is 0.415 bits per heavy atom. The van der Waals surface area contributed by atoms with E-state index in [0.29, 0.717) is 0 Å². The van der Waals surface area contributed by atoms with Gasteiger partial charge < -0.3 is 0 Å². The minimum atomic E-state index is 1.33. The van der Waals surface area contributed by atoms with E-state index >= 15 is 0 Å². The quantitative estimate of drug-likeness (QED) is 0.142. The Labute approximate surface area is 398 Å². The summed E-state index contributed by atoms with van der Waals surface area (Å²) in [7, 11) is 0. The fourth-order valence-corrected chi connectivity index (χ4v) is 5.52. The summed E-state index contributed by atoms with van der Waals surface area (Å²) >= 11 is 0. The summed E-state index contributed by atoms with van der Waals surface area (Å²) in [6.07, 6.45) is 0. The molecule has 0 amide bonds. The van der Waals surface area contributed by atoms with Gasteiger partial charge in [0, 0.05) is 0 Å². The summed E-state index contributed by atoms with van der Waals surface area (Å²) in [5.74, 6) is 0. The van der Waals surface area contributed by atoms with Gasteiger partial charge in [0.1, 0.15) is 0 Å². The molecule has 0 aliphatic rings. The average molecular weight is 863 g/mol. The lowest BCUT2D eigenvalue weighted by molar-refractivity contribution is 1.30. The molecule has 0 atom stereocenters. The third-order valence-electron chi connectivity index (χ3n) is 10.1. The highest BCUT2D eigenvalue weighted by molar-refractivity contribution is 5.29. The molecule has 0 aromatic heterocycles. The zero-order chi connectivity index (χ0) is 48.7. The maximum Gasteiger partial charge on any atom is -0.0395 e. The van der Waals surface area contributed by atoms with E-state index in [1.807, 2.05) is 0 Å². The number of hydrogen-bond acceptors (Lipinski definition) is 0.